The van der Waals surface area contributed by atoms with Crippen molar-refractivity contribution in [3.63, 3.8) is 0 Å². The minimum Gasteiger partial charge on any atom is -0.360 e. The zero-order chi connectivity index (χ0) is 16.9. The number of para-hydroxylation sites is 1. The van der Waals surface area contributed by atoms with E-state index in [2.05, 4.69) is 10.6 Å². The number of urea groups is 1. The molecule has 2 aliphatic rings. The van der Waals surface area contributed by atoms with Crippen LogP contribution in [0.1, 0.15) is 37.7 Å². The first kappa shape index (κ1) is 16.8. The summed E-state index contributed by atoms with van der Waals surface area (Å²) in [6, 6.07) is 7.77. The number of amides is 3. The van der Waals surface area contributed by atoms with Gasteiger partial charge in [-0.3, -0.25) is 10.1 Å². The molecule has 1 aromatic rings. The van der Waals surface area contributed by atoms with Crippen molar-refractivity contribution in [3.8, 4) is 0 Å². The number of nitrogens with one attached hydrogen (secondary N) is 2. The van der Waals surface area contributed by atoms with Crippen LogP contribution in [0.5, 0.6) is 0 Å². The molecule has 1 aliphatic heterocycles. The molecule has 1 aromatic carbocycles. The molecule has 1 saturated carbocycles. The lowest BCUT2D eigenvalue weighted by molar-refractivity contribution is -0.118. The van der Waals surface area contributed by atoms with Crippen molar-refractivity contribution >= 4 is 17.6 Å². The van der Waals surface area contributed by atoms with Gasteiger partial charge in [0.25, 0.3) is 0 Å². The minimum atomic E-state index is -0.388. The molecule has 4 N–H and O–H groups in total. The summed E-state index contributed by atoms with van der Waals surface area (Å²) in [4.78, 5) is 26.2. The van der Waals surface area contributed by atoms with Gasteiger partial charge in [-0.2, -0.15) is 0 Å². The normalized spacial score (nSPS) is 21.0. The lowest BCUT2D eigenvalue weighted by Crippen LogP contribution is -2.51. The van der Waals surface area contributed by atoms with Crippen LogP contribution < -0.4 is 21.3 Å². The van der Waals surface area contributed by atoms with Crippen LogP contribution in [0.25, 0.3) is 0 Å². The van der Waals surface area contributed by atoms with Crippen LogP contribution in [0.4, 0.5) is 10.5 Å². The van der Waals surface area contributed by atoms with Gasteiger partial charge in [-0.15, -0.1) is 0 Å². The van der Waals surface area contributed by atoms with Crippen LogP contribution in [0.3, 0.4) is 0 Å². The number of rotatable bonds is 3. The monoisotopic (exact) mass is 330 g/mol. The lowest BCUT2D eigenvalue weighted by atomic mass is 9.96. The number of hydrogen-bond acceptors (Lipinski definition) is 4. The summed E-state index contributed by atoms with van der Waals surface area (Å²) < 4.78 is 0. The van der Waals surface area contributed by atoms with Crippen molar-refractivity contribution in [2.75, 3.05) is 18.0 Å². The van der Waals surface area contributed by atoms with E-state index in [0.29, 0.717) is 6.54 Å². The number of fused-ring (bicyclic) bond motifs is 1. The van der Waals surface area contributed by atoms with Gasteiger partial charge in [-0.05, 0) is 30.9 Å². The van der Waals surface area contributed by atoms with Crippen LogP contribution in [0, 0.1) is 0 Å². The standard InChI is InChI=1S/C18H26N4O2/c19-14-10-13-6-4-5-9-16(13)22(11-14)12-17(23)21-18(24)20-15-7-2-1-3-8-15/h4-6,9,14-15H,1-3,7-8,10-12,19H2,(H2,20,21,23,24). The molecule has 3 amide bonds. The molecule has 1 atom stereocenters. The second-order valence-electron chi connectivity index (χ2n) is 6.83. The Bertz CT molecular complexity index is 598. The molecule has 0 spiro atoms. The highest BCUT2D eigenvalue weighted by atomic mass is 16.2. The smallest absolute Gasteiger partial charge is 0.321 e. The second-order valence-corrected chi connectivity index (χ2v) is 6.83. The van der Waals surface area contributed by atoms with Crippen molar-refractivity contribution in [2.45, 2.75) is 50.6 Å². The van der Waals surface area contributed by atoms with Crippen LogP contribution in [0.2, 0.25) is 0 Å². The molecule has 3 rings (SSSR count). The molecule has 6 nitrogen and oxygen atoms in total. The van der Waals surface area contributed by atoms with Crippen molar-refractivity contribution in [1.82, 2.24) is 10.6 Å². The Balaban J connectivity index is 1.54. The number of benzene rings is 1. The lowest BCUT2D eigenvalue weighted by Gasteiger charge is -2.34. The van der Waals surface area contributed by atoms with Gasteiger partial charge in [0.15, 0.2) is 0 Å². The molecule has 24 heavy (non-hydrogen) atoms. The number of carbonyl (C=O) groups excluding carboxylic acids is 2. The van der Waals surface area contributed by atoms with Crippen molar-refractivity contribution in [1.29, 1.82) is 0 Å². The summed E-state index contributed by atoms with van der Waals surface area (Å²) >= 11 is 0. The third-order valence-electron chi connectivity index (χ3n) is 4.80. The van der Waals surface area contributed by atoms with E-state index >= 15 is 0 Å². The van der Waals surface area contributed by atoms with Crippen molar-refractivity contribution < 1.29 is 9.59 Å². The topological polar surface area (TPSA) is 87.5 Å². The van der Waals surface area contributed by atoms with E-state index in [4.69, 9.17) is 5.73 Å². The molecular weight excluding hydrogens is 304 g/mol. The van der Waals surface area contributed by atoms with E-state index in [9.17, 15) is 9.59 Å². The van der Waals surface area contributed by atoms with Gasteiger partial charge in [-0.1, -0.05) is 37.5 Å². The highest BCUT2D eigenvalue weighted by molar-refractivity contribution is 5.96. The van der Waals surface area contributed by atoms with Gasteiger partial charge >= 0.3 is 6.03 Å². The number of imide groups is 1. The summed E-state index contributed by atoms with van der Waals surface area (Å²) in [7, 11) is 0. The van der Waals surface area contributed by atoms with Gasteiger partial charge in [0.1, 0.15) is 0 Å². The van der Waals surface area contributed by atoms with E-state index in [1.54, 1.807) is 0 Å². The predicted molar refractivity (Wildman–Crippen MR) is 93.9 cm³/mol. The first-order valence-corrected chi connectivity index (χ1v) is 8.80. The molecule has 130 valence electrons. The van der Waals surface area contributed by atoms with E-state index in [1.165, 1.54) is 6.42 Å². The fourth-order valence-corrected chi connectivity index (χ4v) is 3.68. The van der Waals surface area contributed by atoms with Crippen LogP contribution in [-0.4, -0.2) is 37.1 Å². The molecule has 0 radical (unpaired) electrons. The molecule has 1 unspecified atom stereocenters. The Morgan fingerprint density at radius 1 is 1.17 bits per heavy atom. The van der Waals surface area contributed by atoms with E-state index in [0.717, 1.165) is 43.4 Å². The summed E-state index contributed by atoms with van der Waals surface area (Å²) in [5, 5.41) is 5.35. The molecule has 1 heterocycles. The maximum atomic E-state index is 12.2. The van der Waals surface area contributed by atoms with E-state index in [1.807, 2.05) is 29.2 Å². The van der Waals surface area contributed by atoms with Crippen LogP contribution in [-0.2, 0) is 11.2 Å². The van der Waals surface area contributed by atoms with E-state index in [-0.39, 0.29) is 30.6 Å². The first-order chi connectivity index (χ1) is 11.6. The zero-order valence-corrected chi connectivity index (χ0v) is 14.0. The summed E-state index contributed by atoms with van der Waals surface area (Å²) in [6.07, 6.45) is 6.32. The van der Waals surface area contributed by atoms with Crippen LogP contribution >= 0.6 is 0 Å². The molecule has 1 aliphatic carbocycles. The summed E-state index contributed by atoms with van der Waals surface area (Å²) in [6.45, 7) is 0.761. The molecule has 6 heteroatoms. The molecular formula is C18H26N4O2. The number of anilines is 1. The summed E-state index contributed by atoms with van der Waals surface area (Å²) in [5.41, 5.74) is 8.27. The Morgan fingerprint density at radius 2 is 1.92 bits per heavy atom. The Kier molecular flexibility index (Phi) is 5.35. The Morgan fingerprint density at radius 3 is 2.71 bits per heavy atom. The molecule has 0 bridgehead atoms. The van der Waals surface area contributed by atoms with Gasteiger partial charge in [0.2, 0.25) is 5.91 Å². The molecule has 0 saturated heterocycles. The highest BCUT2D eigenvalue weighted by Crippen LogP contribution is 2.25. The third-order valence-corrected chi connectivity index (χ3v) is 4.80. The maximum Gasteiger partial charge on any atom is 0.321 e. The summed E-state index contributed by atoms with van der Waals surface area (Å²) in [5.74, 6) is -0.299. The zero-order valence-electron chi connectivity index (χ0n) is 14.0. The number of carbonyl (C=O) groups is 2. The Labute approximate surface area is 142 Å². The van der Waals surface area contributed by atoms with Gasteiger partial charge in [-0.25, -0.2) is 4.79 Å². The number of nitrogens with two attached hydrogens (primary N) is 1. The van der Waals surface area contributed by atoms with Crippen molar-refractivity contribution in [3.05, 3.63) is 29.8 Å². The fourth-order valence-electron chi connectivity index (χ4n) is 3.68. The van der Waals surface area contributed by atoms with Gasteiger partial charge in [0, 0.05) is 24.3 Å². The average molecular weight is 330 g/mol. The molecule has 1 fully saturated rings. The number of hydrogen-bond donors (Lipinski definition) is 3. The maximum absolute atomic E-state index is 12.2. The third kappa shape index (κ3) is 4.26. The first-order valence-electron chi connectivity index (χ1n) is 8.80. The van der Waals surface area contributed by atoms with Gasteiger partial charge in [0.05, 0.1) is 6.54 Å². The second kappa shape index (κ2) is 7.66. The largest absolute Gasteiger partial charge is 0.360 e. The minimum absolute atomic E-state index is 0.00349. The fraction of sp³-hybridized carbons (Fsp3) is 0.556. The SMILES string of the molecule is NC1Cc2ccccc2N(CC(=O)NC(=O)NC2CCCCC2)C1. The quantitative estimate of drug-likeness (QED) is 0.784. The van der Waals surface area contributed by atoms with Crippen molar-refractivity contribution in [2.24, 2.45) is 5.73 Å². The number of nitrogens with zero attached hydrogens (tertiary/aromatic N) is 1. The Hall–Kier alpha value is -2.08. The van der Waals surface area contributed by atoms with Crippen LogP contribution in [0.15, 0.2) is 24.3 Å². The average Bonchev–Trinajstić information content (AvgIpc) is 2.55. The molecule has 0 aromatic heterocycles. The highest BCUT2D eigenvalue weighted by Gasteiger charge is 2.24. The van der Waals surface area contributed by atoms with E-state index < -0.39 is 0 Å². The predicted octanol–water partition coefficient (Wildman–Crippen LogP) is 1.53. The van der Waals surface area contributed by atoms with Gasteiger partial charge < -0.3 is 16.0 Å².